The quantitative estimate of drug-likeness (QED) is 0.872. The summed E-state index contributed by atoms with van der Waals surface area (Å²) in [6.45, 7) is 1.57. The van der Waals surface area contributed by atoms with Crippen LogP contribution in [-0.2, 0) is 10.2 Å². The van der Waals surface area contributed by atoms with Gasteiger partial charge in [-0.25, -0.2) is 0 Å². The molecule has 1 amide bonds. The molecule has 0 radical (unpaired) electrons. The number of hydrogen-bond acceptors (Lipinski definition) is 3. The van der Waals surface area contributed by atoms with Crippen LogP contribution >= 0.6 is 0 Å². The zero-order chi connectivity index (χ0) is 15.9. The number of ether oxygens (including phenoxy) is 1. The van der Waals surface area contributed by atoms with Crippen LogP contribution in [0, 0.1) is 0 Å². The maximum absolute atomic E-state index is 12.9. The van der Waals surface area contributed by atoms with Gasteiger partial charge in [0.2, 0.25) is 5.91 Å². The number of amides is 1. The predicted octanol–water partition coefficient (Wildman–Crippen LogP) is 2.75. The van der Waals surface area contributed by atoms with E-state index in [9.17, 15) is 4.79 Å². The zero-order valence-corrected chi connectivity index (χ0v) is 13.2. The van der Waals surface area contributed by atoms with Gasteiger partial charge >= 0.3 is 0 Å². The number of likely N-dealkylation sites (tertiary alicyclic amines) is 1. The Balaban J connectivity index is 1.45. The van der Waals surface area contributed by atoms with Crippen molar-refractivity contribution in [2.45, 2.75) is 24.2 Å². The maximum Gasteiger partial charge on any atom is 0.233 e. The average molecular weight is 308 g/mol. The summed E-state index contributed by atoms with van der Waals surface area (Å²) in [6.07, 6.45) is 3.71. The lowest BCUT2D eigenvalue weighted by Gasteiger charge is -2.41. The van der Waals surface area contributed by atoms with E-state index in [4.69, 9.17) is 4.74 Å². The average Bonchev–Trinajstić information content (AvgIpc) is 3.36. The second-order valence-electron chi connectivity index (χ2n) is 6.47. The molecule has 1 aromatic carbocycles. The van der Waals surface area contributed by atoms with E-state index >= 15 is 0 Å². The highest BCUT2D eigenvalue weighted by Gasteiger charge is 2.54. The van der Waals surface area contributed by atoms with Crippen molar-refractivity contribution >= 4 is 5.91 Å². The van der Waals surface area contributed by atoms with E-state index in [1.54, 1.807) is 7.11 Å². The summed E-state index contributed by atoms with van der Waals surface area (Å²) in [5.41, 5.74) is 1.91. The maximum atomic E-state index is 12.9. The first-order valence-electron chi connectivity index (χ1n) is 8.08. The van der Waals surface area contributed by atoms with Gasteiger partial charge in [0.15, 0.2) is 0 Å². The molecular formula is C19H20N2O2. The molecular weight excluding hydrogens is 288 g/mol. The Labute approximate surface area is 136 Å². The summed E-state index contributed by atoms with van der Waals surface area (Å²) in [6, 6.07) is 13.9. The number of pyridine rings is 1. The molecule has 4 rings (SSSR count). The minimum absolute atomic E-state index is 0.273. The van der Waals surface area contributed by atoms with E-state index in [-0.39, 0.29) is 11.3 Å². The van der Waals surface area contributed by atoms with E-state index in [2.05, 4.69) is 4.98 Å². The van der Waals surface area contributed by atoms with E-state index in [1.165, 1.54) is 0 Å². The highest BCUT2D eigenvalue weighted by molar-refractivity contribution is 5.92. The van der Waals surface area contributed by atoms with Gasteiger partial charge in [-0.05, 0) is 42.7 Å². The summed E-state index contributed by atoms with van der Waals surface area (Å²) in [5, 5.41) is 0. The summed E-state index contributed by atoms with van der Waals surface area (Å²) in [7, 11) is 1.66. The molecule has 1 aliphatic carbocycles. The SMILES string of the molecule is COc1ccc(C2(C(=O)N3CC(c4ccccn4)C3)CC2)cc1. The Bertz CT molecular complexity index is 702. The van der Waals surface area contributed by atoms with E-state index in [0.29, 0.717) is 5.92 Å². The summed E-state index contributed by atoms with van der Waals surface area (Å²) in [4.78, 5) is 19.3. The third kappa shape index (κ3) is 2.38. The molecule has 2 aliphatic rings. The first-order valence-corrected chi connectivity index (χ1v) is 8.08. The molecule has 4 nitrogen and oxygen atoms in total. The van der Waals surface area contributed by atoms with Crippen LogP contribution in [0.25, 0.3) is 0 Å². The molecule has 0 spiro atoms. The molecule has 0 atom stereocenters. The molecule has 1 saturated carbocycles. The number of carbonyl (C=O) groups excluding carboxylic acids is 1. The van der Waals surface area contributed by atoms with Crippen LogP contribution in [0.3, 0.4) is 0 Å². The van der Waals surface area contributed by atoms with E-state index in [1.807, 2.05) is 53.6 Å². The first kappa shape index (κ1) is 14.2. The van der Waals surface area contributed by atoms with Crippen LogP contribution < -0.4 is 4.74 Å². The van der Waals surface area contributed by atoms with Gasteiger partial charge in [-0.15, -0.1) is 0 Å². The second-order valence-corrected chi connectivity index (χ2v) is 6.47. The molecule has 2 heterocycles. The van der Waals surface area contributed by atoms with Gasteiger partial charge in [0, 0.05) is 30.9 Å². The molecule has 4 heteroatoms. The van der Waals surface area contributed by atoms with Crippen LogP contribution in [0.4, 0.5) is 0 Å². The fourth-order valence-corrected chi connectivity index (χ4v) is 3.41. The number of aromatic nitrogens is 1. The van der Waals surface area contributed by atoms with Crippen LogP contribution in [0.1, 0.15) is 30.0 Å². The lowest BCUT2D eigenvalue weighted by atomic mass is 9.89. The number of carbonyl (C=O) groups is 1. The predicted molar refractivity (Wildman–Crippen MR) is 87.5 cm³/mol. The van der Waals surface area contributed by atoms with Crippen LogP contribution in [0.15, 0.2) is 48.7 Å². The molecule has 118 valence electrons. The molecule has 2 aromatic rings. The Morgan fingerprint density at radius 2 is 1.91 bits per heavy atom. The smallest absolute Gasteiger partial charge is 0.233 e. The van der Waals surface area contributed by atoms with E-state index in [0.717, 1.165) is 42.9 Å². The lowest BCUT2D eigenvalue weighted by Crippen LogP contribution is -2.52. The summed E-state index contributed by atoms with van der Waals surface area (Å²) >= 11 is 0. The van der Waals surface area contributed by atoms with Crippen LogP contribution in [-0.4, -0.2) is 36.0 Å². The number of rotatable bonds is 4. The molecule has 1 aliphatic heterocycles. The van der Waals surface area contributed by atoms with Crippen LogP contribution in [0.5, 0.6) is 5.75 Å². The van der Waals surface area contributed by atoms with Gasteiger partial charge in [0.25, 0.3) is 0 Å². The van der Waals surface area contributed by atoms with Gasteiger partial charge in [0.1, 0.15) is 5.75 Å². The molecule has 2 fully saturated rings. The highest BCUT2D eigenvalue weighted by Crippen LogP contribution is 2.51. The van der Waals surface area contributed by atoms with E-state index < -0.39 is 0 Å². The van der Waals surface area contributed by atoms with Crippen molar-refractivity contribution in [3.8, 4) is 5.75 Å². The van der Waals surface area contributed by atoms with Gasteiger partial charge in [-0.1, -0.05) is 18.2 Å². The molecule has 1 saturated heterocycles. The third-order valence-electron chi connectivity index (χ3n) is 5.08. The standard InChI is InChI=1S/C19H20N2O2/c1-23-16-7-5-15(6-8-16)19(9-10-19)18(22)21-12-14(13-21)17-4-2-3-11-20-17/h2-8,11,14H,9-10,12-13H2,1H3. The van der Waals surface area contributed by atoms with Crippen LogP contribution in [0.2, 0.25) is 0 Å². The second kappa shape index (κ2) is 5.37. The van der Waals surface area contributed by atoms with Crippen molar-refractivity contribution in [1.29, 1.82) is 0 Å². The highest BCUT2D eigenvalue weighted by atomic mass is 16.5. The Morgan fingerprint density at radius 1 is 1.17 bits per heavy atom. The Kier molecular flexibility index (Phi) is 3.33. The van der Waals surface area contributed by atoms with Crippen molar-refractivity contribution in [2.24, 2.45) is 0 Å². The Morgan fingerprint density at radius 3 is 2.48 bits per heavy atom. The molecule has 23 heavy (non-hydrogen) atoms. The topological polar surface area (TPSA) is 42.4 Å². The number of hydrogen-bond donors (Lipinski definition) is 0. The van der Waals surface area contributed by atoms with Gasteiger partial charge in [-0.2, -0.15) is 0 Å². The monoisotopic (exact) mass is 308 g/mol. The fourth-order valence-electron chi connectivity index (χ4n) is 3.41. The molecule has 0 N–H and O–H groups in total. The van der Waals surface area contributed by atoms with Gasteiger partial charge < -0.3 is 9.64 Å². The van der Waals surface area contributed by atoms with Crippen molar-refractivity contribution in [3.63, 3.8) is 0 Å². The van der Waals surface area contributed by atoms with Gasteiger partial charge in [0.05, 0.1) is 12.5 Å². The minimum Gasteiger partial charge on any atom is -0.497 e. The summed E-state index contributed by atoms with van der Waals surface area (Å²) in [5.74, 6) is 1.48. The minimum atomic E-state index is -0.290. The van der Waals surface area contributed by atoms with Crippen molar-refractivity contribution in [1.82, 2.24) is 9.88 Å². The number of methoxy groups -OCH3 is 1. The van der Waals surface area contributed by atoms with Gasteiger partial charge in [-0.3, -0.25) is 9.78 Å². The lowest BCUT2D eigenvalue weighted by molar-refractivity contribution is -0.138. The van der Waals surface area contributed by atoms with Crippen molar-refractivity contribution in [3.05, 3.63) is 59.9 Å². The summed E-state index contributed by atoms with van der Waals surface area (Å²) < 4.78 is 5.20. The number of benzene rings is 1. The Hall–Kier alpha value is -2.36. The molecule has 0 bridgehead atoms. The molecule has 1 aromatic heterocycles. The first-order chi connectivity index (χ1) is 11.2. The van der Waals surface area contributed by atoms with Crippen molar-refractivity contribution < 1.29 is 9.53 Å². The molecule has 0 unspecified atom stereocenters. The number of nitrogens with zero attached hydrogens (tertiary/aromatic N) is 2. The largest absolute Gasteiger partial charge is 0.497 e. The fraction of sp³-hybridized carbons (Fsp3) is 0.368. The van der Waals surface area contributed by atoms with Crippen molar-refractivity contribution in [2.75, 3.05) is 20.2 Å². The third-order valence-corrected chi connectivity index (χ3v) is 5.08. The normalized spacial score (nSPS) is 19.1. The zero-order valence-electron chi connectivity index (χ0n) is 13.2.